The number of guanidine groups is 1. The van der Waals surface area contributed by atoms with Crippen LogP contribution in [0.1, 0.15) is 112 Å². The molecule has 45 heavy (non-hydrogen) atoms. The van der Waals surface area contributed by atoms with Crippen LogP contribution in [-0.4, -0.2) is 54.0 Å². The predicted octanol–water partition coefficient (Wildman–Crippen LogP) is 4.45. The molecule has 0 aromatic heterocycles. The fourth-order valence-electron chi connectivity index (χ4n) is 11.0. The molecule has 8 rings (SSSR count). The van der Waals surface area contributed by atoms with E-state index in [-0.39, 0.29) is 59.1 Å². The summed E-state index contributed by atoms with van der Waals surface area (Å²) in [7, 11) is -0.529. The van der Waals surface area contributed by atoms with Gasteiger partial charge in [-0.05, 0) is 118 Å². The molecule has 1 amide bonds. The molecule has 0 spiro atoms. The molecule has 7 saturated carbocycles. The number of amides is 1. The summed E-state index contributed by atoms with van der Waals surface area (Å²) in [6, 6.07) is 0. The van der Waals surface area contributed by atoms with E-state index in [9.17, 15) is 19.7 Å². The number of nitro groups is 1. The molecule has 7 aliphatic carbocycles. The van der Waals surface area contributed by atoms with Crippen LogP contribution in [0.15, 0.2) is 4.99 Å². The van der Waals surface area contributed by atoms with Gasteiger partial charge >= 0.3 is 7.12 Å². The Morgan fingerprint density at radius 2 is 1.71 bits per heavy atom. The second-order valence-corrected chi connectivity index (χ2v) is 16.9. The number of carbonyl (C=O) groups is 2. The number of aliphatic imine (C=N–C) groups is 1. The van der Waals surface area contributed by atoms with E-state index in [1.807, 2.05) is 5.43 Å². The third-order valence-electron chi connectivity index (χ3n) is 13.0. The standard InChI is InChI=1S/C33H54BN5O6/c1-19(2)9-28(34-44-27-15-24-14-25(31(24,3)4)32(27,5)45-34)37-29(41)23(7-6-8-36-30(35)38-39(42)43)13-26(40)33-16-20-10-21(17-33)12-22(11-20)18-33/h19-25,27-28H,6-18H2,1-5H3,(H,37,41)(H3,35,36,38)/t20?,21?,22?,23-,24+,25+,27-,28+,32+,33?/m1/s1. The molecule has 1 heterocycles. The van der Waals surface area contributed by atoms with Crippen LogP contribution in [0.3, 0.4) is 0 Å². The van der Waals surface area contributed by atoms with E-state index in [0.29, 0.717) is 54.8 Å². The summed E-state index contributed by atoms with van der Waals surface area (Å²) >= 11 is 0. The number of Topliss-reactive ketones (excluding diaryl/α,β-unsaturated/α-hetero) is 1. The van der Waals surface area contributed by atoms with Crippen LogP contribution >= 0.6 is 0 Å². The van der Waals surface area contributed by atoms with Crippen molar-refractivity contribution in [3.8, 4) is 0 Å². The van der Waals surface area contributed by atoms with Crippen LogP contribution in [0, 0.1) is 62.4 Å². The summed E-state index contributed by atoms with van der Waals surface area (Å²) < 4.78 is 13.4. The van der Waals surface area contributed by atoms with Crippen LogP contribution in [0.25, 0.3) is 0 Å². The lowest BCUT2D eigenvalue weighted by Gasteiger charge is -2.64. The fraction of sp³-hybridized carbons (Fsp3) is 0.909. The molecule has 0 radical (unpaired) electrons. The Morgan fingerprint density at radius 3 is 2.29 bits per heavy atom. The zero-order chi connectivity index (χ0) is 32.3. The third-order valence-corrected chi connectivity index (χ3v) is 13.0. The Hall–Kier alpha value is -2.21. The molecule has 0 aromatic rings. The lowest BCUT2D eigenvalue weighted by Crippen LogP contribution is -2.65. The van der Waals surface area contributed by atoms with Gasteiger partial charge in [0.25, 0.3) is 5.96 Å². The number of hydrogen-bond donors (Lipinski definition) is 3. The van der Waals surface area contributed by atoms with Crippen molar-refractivity contribution in [2.24, 2.45) is 63.0 Å². The number of nitrogens with one attached hydrogen (secondary N) is 2. The average molecular weight is 628 g/mol. The maximum atomic E-state index is 14.2. The summed E-state index contributed by atoms with van der Waals surface area (Å²) in [6.45, 7) is 11.4. The number of hydrazine groups is 1. The number of nitrogens with two attached hydrogens (primary N) is 1. The first-order chi connectivity index (χ1) is 21.2. The molecular weight excluding hydrogens is 573 g/mol. The number of hydrogen-bond acceptors (Lipinski definition) is 7. The van der Waals surface area contributed by atoms with Crippen LogP contribution in [0.4, 0.5) is 0 Å². The van der Waals surface area contributed by atoms with Gasteiger partial charge in [0, 0.05) is 24.3 Å². The van der Waals surface area contributed by atoms with Gasteiger partial charge in [-0.15, -0.1) is 0 Å². The summed E-state index contributed by atoms with van der Waals surface area (Å²) in [5.74, 6) is 2.30. The molecule has 8 aliphatic rings. The van der Waals surface area contributed by atoms with Gasteiger partial charge in [0.1, 0.15) is 5.78 Å². The molecule has 1 saturated heterocycles. The van der Waals surface area contributed by atoms with Crippen LogP contribution in [-0.2, 0) is 18.9 Å². The Labute approximate surface area is 268 Å². The van der Waals surface area contributed by atoms with Crippen LogP contribution < -0.4 is 16.5 Å². The van der Waals surface area contributed by atoms with E-state index >= 15 is 0 Å². The van der Waals surface area contributed by atoms with Gasteiger partial charge in [-0.1, -0.05) is 33.1 Å². The van der Waals surface area contributed by atoms with Crippen molar-refractivity contribution in [1.29, 1.82) is 0 Å². The topological polar surface area (TPSA) is 158 Å². The van der Waals surface area contributed by atoms with Gasteiger partial charge in [0.15, 0.2) is 5.03 Å². The lowest BCUT2D eigenvalue weighted by molar-refractivity contribution is -0.525. The Balaban J connectivity index is 1.16. The summed E-state index contributed by atoms with van der Waals surface area (Å²) in [5.41, 5.74) is 7.05. The minimum atomic E-state index is -0.748. The highest BCUT2D eigenvalue weighted by molar-refractivity contribution is 6.47. The molecule has 6 atom stereocenters. The SMILES string of the molecule is CC(C)C[C@H](NC(=O)[C@H](CCCN=C(N)N[N+](=O)[O-])CC(=O)C12CC3CC(CC(C3)C1)C2)B1O[C@@H]2C[C@@H]3C[C@@H](C3(C)C)[C@]2(C)O1. The lowest BCUT2D eigenvalue weighted by atomic mass is 9.43. The Bertz CT molecular complexity index is 1170. The van der Waals surface area contributed by atoms with E-state index in [4.69, 9.17) is 15.0 Å². The molecule has 8 fully saturated rings. The van der Waals surface area contributed by atoms with E-state index in [1.54, 1.807) is 0 Å². The molecule has 0 aromatic carbocycles. The zero-order valence-corrected chi connectivity index (χ0v) is 27.9. The highest BCUT2D eigenvalue weighted by Crippen LogP contribution is 2.66. The molecule has 250 valence electrons. The van der Waals surface area contributed by atoms with Crippen LogP contribution in [0.5, 0.6) is 0 Å². The largest absolute Gasteiger partial charge is 0.481 e. The van der Waals surface area contributed by atoms with Crippen LogP contribution in [0.2, 0.25) is 0 Å². The van der Waals surface area contributed by atoms with Gasteiger partial charge in [0.05, 0.1) is 17.6 Å². The summed E-state index contributed by atoms with van der Waals surface area (Å²) in [4.78, 5) is 43.0. The minimum Gasteiger partial charge on any atom is -0.404 e. The van der Waals surface area contributed by atoms with E-state index < -0.39 is 18.1 Å². The Kier molecular flexibility index (Phi) is 8.80. The zero-order valence-electron chi connectivity index (χ0n) is 27.9. The van der Waals surface area contributed by atoms with Crippen molar-refractivity contribution in [2.75, 3.05) is 6.54 Å². The fourth-order valence-corrected chi connectivity index (χ4v) is 11.0. The molecule has 0 unspecified atom stereocenters. The van der Waals surface area contributed by atoms with Crippen molar-refractivity contribution in [3.63, 3.8) is 0 Å². The van der Waals surface area contributed by atoms with Crippen molar-refractivity contribution in [2.45, 2.75) is 129 Å². The second-order valence-electron chi connectivity index (χ2n) is 16.9. The van der Waals surface area contributed by atoms with Crippen molar-refractivity contribution >= 4 is 24.8 Å². The number of nitrogens with zero attached hydrogens (tertiary/aromatic N) is 2. The Morgan fingerprint density at radius 1 is 1.07 bits per heavy atom. The van der Waals surface area contributed by atoms with Gasteiger partial charge in [0.2, 0.25) is 5.91 Å². The summed E-state index contributed by atoms with van der Waals surface area (Å²) in [6.07, 6.45) is 10.7. The molecule has 1 aliphatic heterocycles. The number of ketones is 1. The summed E-state index contributed by atoms with van der Waals surface area (Å²) in [5, 5.41) is 13.3. The first-order valence-electron chi connectivity index (χ1n) is 17.6. The first kappa shape index (κ1) is 32.7. The highest BCUT2D eigenvalue weighted by Gasteiger charge is 2.68. The first-order valence-corrected chi connectivity index (χ1v) is 17.6. The second kappa shape index (κ2) is 12.1. The molecule has 11 nitrogen and oxygen atoms in total. The minimum absolute atomic E-state index is 0.0235. The average Bonchev–Trinajstić information content (AvgIpc) is 3.30. The molecule has 12 heteroatoms. The van der Waals surface area contributed by atoms with Crippen molar-refractivity contribution in [3.05, 3.63) is 10.1 Å². The van der Waals surface area contributed by atoms with Gasteiger partial charge in [-0.2, -0.15) is 0 Å². The monoisotopic (exact) mass is 627 g/mol. The van der Waals surface area contributed by atoms with E-state index in [0.717, 1.165) is 32.1 Å². The normalized spacial score (nSPS) is 38.8. The number of carbonyl (C=O) groups excluding carboxylic acids is 2. The molecule has 4 N–H and O–H groups in total. The van der Waals surface area contributed by atoms with Crippen molar-refractivity contribution < 1.29 is 23.9 Å². The van der Waals surface area contributed by atoms with E-state index in [2.05, 4.69) is 44.9 Å². The number of rotatable bonds is 13. The molecular formula is C33H54BN5O6. The predicted molar refractivity (Wildman–Crippen MR) is 171 cm³/mol. The molecule has 6 bridgehead atoms. The van der Waals surface area contributed by atoms with Gasteiger partial charge in [-0.3, -0.25) is 9.59 Å². The van der Waals surface area contributed by atoms with Gasteiger partial charge < -0.3 is 20.4 Å². The van der Waals surface area contributed by atoms with Crippen molar-refractivity contribution in [1.82, 2.24) is 10.7 Å². The smallest absolute Gasteiger partial charge is 0.404 e. The van der Waals surface area contributed by atoms with Gasteiger partial charge in [-0.25, -0.2) is 15.1 Å². The highest BCUT2D eigenvalue weighted by atomic mass is 16.7. The quantitative estimate of drug-likeness (QED) is 0.0675. The maximum Gasteiger partial charge on any atom is 0.481 e. The maximum absolute atomic E-state index is 14.2. The third kappa shape index (κ3) is 6.26. The van der Waals surface area contributed by atoms with E-state index in [1.165, 1.54) is 19.3 Å².